The molecular weight excluding hydrogens is 689 g/mol. The molecule has 17 heteroatoms. The van der Waals surface area contributed by atoms with Crippen LogP contribution in [0.25, 0.3) is 0 Å². The number of pyridine rings is 1. The Morgan fingerprint density at radius 3 is 2.52 bits per heavy atom. The van der Waals surface area contributed by atoms with Crippen molar-refractivity contribution in [3.63, 3.8) is 0 Å². The topological polar surface area (TPSA) is 129 Å². The molecule has 46 heavy (non-hydrogen) atoms. The lowest BCUT2D eigenvalue weighted by Gasteiger charge is -2.25. The van der Waals surface area contributed by atoms with Crippen molar-refractivity contribution in [3.8, 4) is 11.5 Å². The van der Waals surface area contributed by atoms with Crippen LogP contribution in [0.3, 0.4) is 0 Å². The number of rotatable bonds is 13. The van der Waals surface area contributed by atoms with Crippen molar-refractivity contribution in [2.24, 2.45) is 13.0 Å². The van der Waals surface area contributed by atoms with E-state index in [0.717, 1.165) is 28.9 Å². The lowest BCUT2D eigenvalue weighted by molar-refractivity contribution is -0.150. The Balaban J connectivity index is 1.46. The summed E-state index contributed by atoms with van der Waals surface area (Å²) in [4.78, 5) is 29.8. The van der Waals surface area contributed by atoms with Gasteiger partial charge in [-0.1, -0.05) is 29.3 Å². The summed E-state index contributed by atoms with van der Waals surface area (Å²) in [6.45, 7) is -2.79. The fraction of sp³-hybridized carbons (Fsp3) is 0.414. The minimum Gasteiger partial charge on any atom is -0.489 e. The molecule has 1 aliphatic carbocycles. The van der Waals surface area contributed by atoms with E-state index in [9.17, 15) is 26.8 Å². The number of carbonyl (C=O) groups excluding carboxylic acids is 2. The monoisotopic (exact) mass is 718 g/mol. The van der Waals surface area contributed by atoms with Gasteiger partial charge in [-0.2, -0.15) is 13.1 Å². The fourth-order valence-corrected chi connectivity index (χ4v) is 8.46. The van der Waals surface area contributed by atoms with Gasteiger partial charge < -0.3 is 24.1 Å². The van der Waals surface area contributed by atoms with Crippen molar-refractivity contribution in [3.05, 3.63) is 69.7 Å². The number of esters is 1. The van der Waals surface area contributed by atoms with Crippen molar-refractivity contribution in [2.75, 3.05) is 26.0 Å². The zero-order chi connectivity index (χ0) is 33.2. The Labute approximate surface area is 278 Å². The highest BCUT2D eigenvalue weighted by molar-refractivity contribution is 8.02. The van der Waals surface area contributed by atoms with E-state index in [1.54, 1.807) is 0 Å². The number of aryl methyl sites for hydroxylation is 1. The number of nitrogens with one attached hydrogen (secondary N) is 1. The minimum absolute atomic E-state index is 0.0163. The first-order valence-electron chi connectivity index (χ1n) is 14.1. The van der Waals surface area contributed by atoms with E-state index in [0.29, 0.717) is 29.4 Å². The quantitative estimate of drug-likeness (QED) is 0.241. The van der Waals surface area contributed by atoms with Crippen molar-refractivity contribution in [2.45, 2.75) is 42.2 Å². The highest BCUT2D eigenvalue weighted by Crippen LogP contribution is 2.39. The van der Waals surface area contributed by atoms with Crippen LogP contribution in [0.5, 0.6) is 11.5 Å². The van der Waals surface area contributed by atoms with Crippen LogP contribution in [0, 0.1) is 5.92 Å². The first-order chi connectivity index (χ1) is 21.9. The van der Waals surface area contributed by atoms with Crippen LogP contribution < -0.4 is 14.8 Å². The number of alkyl halides is 2. The number of sulfonamides is 1. The third-order valence-electron chi connectivity index (χ3n) is 7.42. The molecule has 1 amide bonds. The van der Waals surface area contributed by atoms with E-state index in [-0.39, 0.29) is 45.1 Å². The number of ether oxygens (including phenoxy) is 3. The van der Waals surface area contributed by atoms with Crippen LogP contribution >= 0.6 is 35.0 Å². The molecule has 1 aliphatic heterocycles. The molecule has 2 aromatic heterocycles. The fourth-order valence-electron chi connectivity index (χ4n) is 4.82. The highest BCUT2D eigenvalue weighted by atomic mass is 35.5. The first kappa shape index (κ1) is 34.2. The highest BCUT2D eigenvalue weighted by Gasteiger charge is 2.43. The number of amides is 1. The van der Waals surface area contributed by atoms with E-state index in [4.69, 9.17) is 32.7 Å². The number of hydrogen-bond donors (Lipinski definition) is 1. The second kappa shape index (κ2) is 14.3. The van der Waals surface area contributed by atoms with E-state index in [1.165, 1.54) is 61.5 Å². The number of thioether (sulfide) groups is 1. The Hall–Kier alpha value is -3.11. The molecular formula is C29H30Cl2F2N4O7S2. The number of carbonyl (C=O) groups is 2. The van der Waals surface area contributed by atoms with E-state index in [2.05, 4.69) is 15.0 Å². The van der Waals surface area contributed by atoms with Gasteiger partial charge in [-0.15, -0.1) is 11.8 Å². The molecule has 0 spiro atoms. The summed E-state index contributed by atoms with van der Waals surface area (Å²) in [5.74, 6) is -0.888. The Morgan fingerprint density at radius 2 is 1.87 bits per heavy atom. The second-order valence-corrected chi connectivity index (χ2v) is 14.5. The van der Waals surface area contributed by atoms with Crippen LogP contribution in [0.4, 0.5) is 8.78 Å². The molecule has 3 heterocycles. The molecule has 0 radical (unpaired) electrons. The number of halogens is 4. The molecule has 248 valence electrons. The predicted octanol–water partition coefficient (Wildman–Crippen LogP) is 5.07. The number of nitrogens with zero attached hydrogens (tertiary/aromatic N) is 3. The van der Waals surface area contributed by atoms with Gasteiger partial charge >= 0.3 is 12.6 Å². The first-order valence-corrected chi connectivity index (χ1v) is 17.3. The van der Waals surface area contributed by atoms with Crippen LogP contribution in [0.1, 0.15) is 40.6 Å². The molecule has 3 aromatic rings. The average Bonchev–Trinajstić information content (AvgIpc) is 3.53. The van der Waals surface area contributed by atoms with Crippen molar-refractivity contribution in [1.82, 2.24) is 19.2 Å². The van der Waals surface area contributed by atoms with Gasteiger partial charge in [0.05, 0.1) is 16.7 Å². The van der Waals surface area contributed by atoms with E-state index in [1.807, 2.05) is 0 Å². The van der Waals surface area contributed by atoms with E-state index >= 15 is 0 Å². The van der Waals surface area contributed by atoms with Crippen LogP contribution in [-0.4, -0.2) is 72.1 Å². The maximum atomic E-state index is 13.8. The Kier molecular flexibility index (Phi) is 10.7. The zero-order valence-corrected chi connectivity index (χ0v) is 27.8. The molecule has 5 rings (SSSR count). The standard InChI is InChI=1S/C29H30Cl2F2N4O7S2/c1-34-26(38)22-10-18(14-36(22)2)46(40,41)37-7-8-45-27(37)28(39)43-24(11-19-20(30)12-35-13-21(19)31)17-5-6-23(44-29(32)33)25(9-17)42-15-16-3-4-16/h5-6,9-10,12-14,16,24,27,29H,3-4,7-8,11,15H2,1-2H3,(H,34,38)/t24?,27-/m0/s1. The summed E-state index contributed by atoms with van der Waals surface area (Å²) < 4.78 is 72.6. The van der Waals surface area contributed by atoms with Gasteiger partial charge in [-0.25, -0.2) is 13.2 Å². The molecule has 11 nitrogen and oxygen atoms in total. The maximum absolute atomic E-state index is 13.8. The van der Waals surface area contributed by atoms with Crippen LogP contribution in [0.2, 0.25) is 10.0 Å². The normalized spacial score (nSPS) is 17.6. The molecule has 2 fully saturated rings. The maximum Gasteiger partial charge on any atom is 0.387 e. The Morgan fingerprint density at radius 1 is 1.15 bits per heavy atom. The number of benzene rings is 1. The molecule has 0 bridgehead atoms. The summed E-state index contributed by atoms with van der Waals surface area (Å²) in [5, 5.41) is 1.60. The summed E-state index contributed by atoms with van der Waals surface area (Å²) >= 11 is 13.9. The molecule has 1 saturated carbocycles. The second-order valence-electron chi connectivity index (χ2n) is 10.6. The average molecular weight is 720 g/mol. The zero-order valence-electron chi connectivity index (χ0n) is 24.6. The third kappa shape index (κ3) is 7.71. The van der Waals surface area contributed by atoms with Gasteiger partial charge in [0.25, 0.3) is 5.91 Å². The minimum atomic E-state index is -4.23. The van der Waals surface area contributed by atoms with Crippen molar-refractivity contribution in [1.29, 1.82) is 0 Å². The van der Waals surface area contributed by atoms with Gasteiger partial charge in [-0.3, -0.25) is 9.78 Å². The van der Waals surface area contributed by atoms with Crippen molar-refractivity contribution < 1.29 is 41.0 Å². The molecule has 1 saturated heterocycles. The summed E-state index contributed by atoms with van der Waals surface area (Å²) in [6.07, 6.45) is 4.81. The van der Waals surface area contributed by atoms with Crippen LogP contribution in [0.15, 0.2) is 47.8 Å². The van der Waals surface area contributed by atoms with Gasteiger partial charge in [0, 0.05) is 51.4 Å². The van der Waals surface area contributed by atoms with Gasteiger partial charge in [0.2, 0.25) is 10.0 Å². The lowest BCUT2D eigenvalue weighted by Crippen LogP contribution is -2.40. The van der Waals surface area contributed by atoms with Gasteiger partial charge in [-0.05, 0) is 48.1 Å². The number of hydrogen-bond acceptors (Lipinski definition) is 9. The molecule has 1 unspecified atom stereocenters. The molecule has 1 aromatic carbocycles. The number of aromatic nitrogens is 2. The predicted molar refractivity (Wildman–Crippen MR) is 167 cm³/mol. The largest absolute Gasteiger partial charge is 0.489 e. The van der Waals surface area contributed by atoms with Gasteiger partial charge in [0.15, 0.2) is 16.9 Å². The summed E-state index contributed by atoms with van der Waals surface area (Å²) in [6, 6.07) is 5.42. The SMILES string of the molecule is CNC(=O)c1cc(S(=O)(=O)N2CCS[C@H]2C(=O)OC(Cc2c(Cl)cncc2Cl)c2ccc(OC(F)F)c(OCC3CC3)c2)cn1C. The van der Waals surface area contributed by atoms with E-state index < -0.39 is 40.0 Å². The Bertz CT molecular complexity index is 1700. The van der Waals surface area contributed by atoms with Gasteiger partial charge in [0.1, 0.15) is 16.7 Å². The van der Waals surface area contributed by atoms with Crippen LogP contribution in [-0.2, 0) is 33.0 Å². The summed E-state index contributed by atoms with van der Waals surface area (Å²) in [5.41, 5.74) is 0.872. The lowest BCUT2D eigenvalue weighted by atomic mass is 10.0. The third-order valence-corrected chi connectivity index (χ3v) is 11.2. The van der Waals surface area contributed by atoms with Crippen molar-refractivity contribution >= 4 is 56.9 Å². The smallest absolute Gasteiger partial charge is 0.387 e. The molecule has 1 N–H and O–H groups in total. The molecule has 2 aliphatic rings. The molecule has 2 atom stereocenters. The summed E-state index contributed by atoms with van der Waals surface area (Å²) in [7, 11) is -1.27.